The van der Waals surface area contributed by atoms with Gasteiger partial charge in [0.05, 0.1) is 30.3 Å². The number of carbonyl (C=O) groups is 2. The van der Waals surface area contributed by atoms with E-state index in [4.69, 9.17) is 9.72 Å². The first-order valence-corrected chi connectivity index (χ1v) is 13.3. The molecule has 0 radical (unpaired) electrons. The van der Waals surface area contributed by atoms with Crippen LogP contribution in [0.4, 0.5) is 10.1 Å². The number of anilines is 1. The Morgan fingerprint density at radius 3 is 2.83 bits per heavy atom. The number of aromatic nitrogens is 2. The molecule has 2 amide bonds. The number of rotatable bonds is 6. The zero-order chi connectivity index (χ0) is 24.5. The predicted octanol–water partition coefficient (Wildman–Crippen LogP) is 3.41. The molecule has 0 aliphatic carbocycles. The third kappa shape index (κ3) is 5.12. The minimum Gasteiger partial charge on any atom is -0.376 e. The van der Waals surface area contributed by atoms with Crippen LogP contribution in [0.25, 0.3) is 10.2 Å². The predicted molar refractivity (Wildman–Crippen MR) is 133 cm³/mol. The van der Waals surface area contributed by atoms with Gasteiger partial charge in [0, 0.05) is 30.6 Å². The number of carbonyl (C=O) groups excluding carboxylic acids is 2. The molecule has 1 saturated heterocycles. The Balaban J connectivity index is 1.44. The monoisotopic (exact) mass is 516 g/mol. The summed E-state index contributed by atoms with van der Waals surface area (Å²) in [6, 6.07) is 5.55. The summed E-state index contributed by atoms with van der Waals surface area (Å²) in [6.07, 6.45) is 2.38. The highest BCUT2D eigenvalue weighted by molar-refractivity contribution is 7.99. The number of nitrogens with one attached hydrogen (secondary N) is 1. The van der Waals surface area contributed by atoms with Crippen molar-refractivity contribution in [2.24, 2.45) is 0 Å². The molecule has 8 nitrogen and oxygen atoms in total. The van der Waals surface area contributed by atoms with Crippen molar-refractivity contribution in [3.8, 4) is 0 Å². The van der Waals surface area contributed by atoms with Crippen molar-refractivity contribution in [1.82, 2.24) is 14.5 Å². The van der Waals surface area contributed by atoms with E-state index in [0.717, 1.165) is 23.3 Å². The number of benzene rings is 1. The van der Waals surface area contributed by atoms with Gasteiger partial charge in [-0.3, -0.25) is 19.0 Å². The molecule has 2 aliphatic rings. The second-order valence-electron chi connectivity index (χ2n) is 8.66. The summed E-state index contributed by atoms with van der Waals surface area (Å²) >= 11 is 2.63. The van der Waals surface area contributed by atoms with Gasteiger partial charge in [0.2, 0.25) is 11.8 Å². The van der Waals surface area contributed by atoms with Gasteiger partial charge in [-0.1, -0.05) is 11.8 Å². The lowest BCUT2D eigenvalue weighted by molar-refractivity contribution is -0.129. The molecule has 0 spiro atoms. The summed E-state index contributed by atoms with van der Waals surface area (Å²) < 4.78 is 20.5. The van der Waals surface area contributed by atoms with Gasteiger partial charge in [0.15, 0.2) is 5.16 Å². The first kappa shape index (κ1) is 24.0. The molecule has 1 aromatic carbocycles. The average Bonchev–Trinajstić information content (AvgIpc) is 3.48. The molecule has 3 aromatic rings. The molecule has 0 bridgehead atoms. The maximum Gasteiger partial charge on any atom is 0.263 e. The van der Waals surface area contributed by atoms with Crippen molar-refractivity contribution >= 4 is 50.8 Å². The van der Waals surface area contributed by atoms with E-state index in [0.29, 0.717) is 53.7 Å². The molecular weight excluding hydrogens is 491 g/mol. The van der Waals surface area contributed by atoms with E-state index in [2.05, 4.69) is 5.32 Å². The molecular formula is C24H25FN4O4S2. The van der Waals surface area contributed by atoms with E-state index in [9.17, 15) is 18.8 Å². The third-order valence-corrected chi connectivity index (χ3v) is 8.33. The van der Waals surface area contributed by atoms with Crippen LogP contribution in [0, 0.1) is 5.82 Å². The molecule has 0 unspecified atom stereocenters. The first-order chi connectivity index (χ1) is 16.9. The third-order valence-electron chi connectivity index (χ3n) is 6.24. The molecule has 1 atom stereocenters. The quantitative estimate of drug-likeness (QED) is 0.399. The number of thiophene rings is 1. The minimum atomic E-state index is -0.377. The van der Waals surface area contributed by atoms with Crippen molar-refractivity contribution < 1.29 is 18.7 Å². The summed E-state index contributed by atoms with van der Waals surface area (Å²) in [4.78, 5) is 46.3. The Kier molecular flexibility index (Phi) is 6.90. The summed E-state index contributed by atoms with van der Waals surface area (Å²) in [5.41, 5.74) is 1.35. The zero-order valence-electron chi connectivity index (χ0n) is 19.2. The van der Waals surface area contributed by atoms with Gasteiger partial charge in [-0.15, -0.1) is 11.3 Å². The highest BCUT2D eigenvalue weighted by Crippen LogP contribution is 2.34. The molecule has 2 aromatic heterocycles. The molecule has 4 heterocycles. The van der Waals surface area contributed by atoms with Crippen molar-refractivity contribution in [2.75, 3.05) is 24.2 Å². The van der Waals surface area contributed by atoms with Crippen molar-refractivity contribution in [3.05, 3.63) is 50.9 Å². The van der Waals surface area contributed by atoms with Crippen LogP contribution in [0.1, 0.15) is 30.2 Å². The number of fused-ring (bicyclic) bond motifs is 3. The number of halogens is 1. The van der Waals surface area contributed by atoms with Gasteiger partial charge in [-0.25, -0.2) is 9.37 Å². The van der Waals surface area contributed by atoms with Gasteiger partial charge < -0.3 is 15.0 Å². The van der Waals surface area contributed by atoms with Gasteiger partial charge in [0.25, 0.3) is 5.56 Å². The van der Waals surface area contributed by atoms with E-state index in [-0.39, 0.29) is 35.0 Å². The van der Waals surface area contributed by atoms with Gasteiger partial charge in [-0.2, -0.15) is 0 Å². The number of thioether (sulfide) groups is 1. The Hall–Kier alpha value is -2.76. The SMILES string of the molecule is CC(=O)N1CCc2c(sc3nc(SCC(=O)Nc4ccc(F)cc4)n(C[C@@H]4CCCO4)c(=O)c23)C1. The molecule has 5 rings (SSSR count). The van der Waals surface area contributed by atoms with Gasteiger partial charge >= 0.3 is 0 Å². The fourth-order valence-corrected chi connectivity index (χ4v) is 6.53. The maximum absolute atomic E-state index is 13.7. The highest BCUT2D eigenvalue weighted by atomic mass is 32.2. The zero-order valence-corrected chi connectivity index (χ0v) is 20.8. The summed E-state index contributed by atoms with van der Waals surface area (Å²) in [6.45, 7) is 3.68. The first-order valence-electron chi connectivity index (χ1n) is 11.5. The Bertz CT molecular complexity index is 1330. The van der Waals surface area contributed by atoms with Crippen LogP contribution in [0.3, 0.4) is 0 Å². The highest BCUT2D eigenvalue weighted by Gasteiger charge is 2.27. The topological polar surface area (TPSA) is 93.5 Å². The lowest BCUT2D eigenvalue weighted by atomic mass is 10.1. The Labute approximate surface area is 209 Å². The standard InChI is InChI=1S/C24H25FN4O4S2/c1-14(30)28-9-8-18-19(12-28)35-22-21(18)23(32)29(11-17-3-2-10-33-17)24(27-22)34-13-20(31)26-16-6-4-15(25)5-7-16/h4-7,17H,2-3,8-13H2,1H3,(H,26,31)/t17-/m0/s1. The number of amides is 2. The van der Waals surface area contributed by atoms with E-state index in [1.54, 1.807) is 16.4 Å². The van der Waals surface area contributed by atoms with Crippen LogP contribution < -0.4 is 10.9 Å². The molecule has 1 N–H and O–H groups in total. The average molecular weight is 517 g/mol. The largest absolute Gasteiger partial charge is 0.376 e. The smallest absolute Gasteiger partial charge is 0.263 e. The van der Waals surface area contributed by atoms with Crippen LogP contribution >= 0.6 is 23.1 Å². The lowest BCUT2D eigenvalue weighted by Gasteiger charge is -2.25. The molecule has 0 saturated carbocycles. The van der Waals surface area contributed by atoms with Crippen molar-refractivity contribution in [2.45, 2.75) is 50.5 Å². The summed E-state index contributed by atoms with van der Waals surface area (Å²) in [5, 5.41) is 3.82. The Morgan fingerprint density at radius 1 is 1.31 bits per heavy atom. The maximum atomic E-state index is 13.7. The van der Waals surface area contributed by atoms with Gasteiger partial charge in [0.1, 0.15) is 10.6 Å². The number of hydrogen-bond donors (Lipinski definition) is 1. The molecule has 1 fully saturated rings. The van der Waals surface area contributed by atoms with Crippen LogP contribution in [0.2, 0.25) is 0 Å². The summed E-state index contributed by atoms with van der Waals surface area (Å²) in [5.74, 6) is -0.593. The molecule has 184 valence electrons. The second-order valence-corrected chi connectivity index (χ2v) is 10.7. The number of nitrogens with zero attached hydrogens (tertiary/aromatic N) is 3. The van der Waals surface area contributed by atoms with Crippen LogP contribution in [0.15, 0.2) is 34.2 Å². The van der Waals surface area contributed by atoms with E-state index in [1.807, 2.05) is 0 Å². The summed E-state index contributed by atoms with van der Waals surface area (Å²) in [7, 11) is 0. The lowest BCUT2D eigenvalue weighted by Crippen LogP contribution is -2.34. The van der Waals surface area contributed by atoms with Crippen LogP contribution in [-0.2, 0) is 33.8 Å². The van der Waals surface area contributed by atoms with Crippen molar-refractivity contribution in [3.63, 3.8) is 0 Å². The van der Waals surface area contributed by atoms with E-state index in [1.165, 1.54) is 47.4 Å². The fourth-order valence-electron chi connectivity index (χ4n) is 4.45. The fraction of sp³-hybridized carbons (Fsp3) is 0.417. The molecule has 35 heavy (non-hydrogen) atoms. The number of ether oxygens (including phenoxy) is 1. The van der Waals surface area contributed by atoms with Gasteiger partial charge in [-0.05, 0) is 49.1 Å². The van der Waals surface area contributed by atoms with Crippen LogP contribution in [0.5, 0.6) is 0 Å². The number of hydrogen-bond acceptors (Lipinski definition) is 7. The second kappa shape index (κ2) is 10.1. The van der Waals surface area contributed by atoms with Crippen LogP contribution in [-0.4, -0.2) is 51.3 Å². The van der Waals surface area contributed by atoms with E-state index >= 15 is 0 Å². The molecule has 11 heteroatoms. The van der Waals surface area contributed by atoms with Crippen molar-refractivity contribution in [1.29, 1.82) is 0 Å². The molecule has 2 aliphatic heterocycles. The normalized spacial score (nSPS) is 17.5. The minimum absolute atomic E-state index is 0.0141. The Morgan fingerprint density at radius 2 is 2.11 bits per heavy atom. The van der Waals surface area contributed by atoms with E-state index < -0.39 is 0 Å².